The minimum absolute atomic E-state index is 0.0919. The molecule has 0 fully saturated rings. The third-order valence-electron chi connectivity index (χ3n) is 4.10. The van der Waals surface area contributed by atoms with Crippen molar-refractivity contribution in [2.75, 3.05) is 19.0 Å². The number of nitrogens with one attached hydrogen (secondary N) is 2. The molecule has 0 atom stereocenters. The lowest BCUT2D eigenvalue weighted by Gasteiger charge is -2.10. The number of methoxy groups -OCH3 is 1. The van der Waals surface area contributed by atoms with Gasteiger partial charge in [0.1, 0.15) is 12.3 Å². The maximum Gasteiger partial charge on any atom is 0.261 e. The van der Waals surface area contributed by atoms with E-state index >= 15 is 0 Å². The minimum Gasteiger partial charge on any atom is -0.495 e. The topological polar surface area (TPSA) is 102 Å². The van der Waals surface area contributed by atoms with Crippen LogP contribution in [0.5, 0.6) is 5.75 Å². The highest BCUT2D eigenvalue weighted by Crippen LogP contribution is 2.22. The van der Waals surface area contributed by atoms with Gasteiger partial charge >= 0.3 is 0 Å². The maximum atomic E-state index is 12.4. The van der Waals surface area contributed by atoms with Crippen LogP contribution in [0.15, 0.2) is 59.7 Å². The number of carbonyl (C=O) groups excluding carboxylic acids is 2. The quantitative estimate of drug-likeness (QED) is 0.647. The van der Waals surface area contributed by atoms with Gasteiger partial charge in [0.25, 0.3) is 5.56 Å². The van der Waals surface area contributed by atoms with Gasteiger partial charge in [-0.2, -0.15) is 0 Å². The van der Waals surface area contributed by atoms with E-state index in [1.54, 1.807) is 48.5 Å². The molecular weight excluding hydrogens is 360 g/mol. The van der Waals surface area contributed by atoms with Crippen molar-refractivity contribution in [2.45, 2.75) is 13.0 Å². The first-order valence-electron chi connectivity index (χ1n) is 8.72. The van der Waals surface area contributed by atoms with Gasteiger partial charge in [0.2, 0.25) is 11.8 Å². The SMILES string of the molecule is COc1ccccc1NC(=O)CCNC(=O)Cn1cnc2ccccc2c1=O. The lowest BCUT2D eigenvalue weighted by Crippen LogP contribution is -2.34. The summed E-state index contributed by atoms with van der Waals surface area (Å²) in [5, 5.41) is 5.82. The van der Waals surface area contributed by atoms with Crippen molar-refractivity contribution >= 4 is 28.4 Å². The summed E-state index contributed by atoms with van der Waals surface area (Å²) in [5.74, 6) is -0.0679. The summed E-state index contributed by atoms with van der Waals surface area (Å²) in [6, 6.07) is 14.0. The molecule has 3 aromatic rings. The molecule has 3 rings (SSSR count). The Labute approximate surface area is 161 Å². The Morgan fingerprint density at radius 2 is 1.82 bits per heavy atom. The van der Waals surface area contributed by atoms with Crippen LogP contribution in [0.3, 0.4) is 0 Å². The summed E-state index contributed by atoms with van der Waals surface area (Å²) in [4.78, 5) is 40.7. The molecule has 28 heavy (non-hydrogen) atoms. The van der Waals surface area contributed by atoms with Crippen LogP contribution in [0.25, 0.3) is 10.9 Å². The molecule has 8 heteroatoms. The molecule has 1 aromatic heterocycles. The molecule has 0 bridgehead atoms. The predicted molar refractivity (Wildman–Crippen MR) is 105 cm³/mol. The zero-order valence-electron chi connectivity index (χ0n) is 15.3. The Bertz CT molecular complexity index is 1060. The Morgan fingerprint density at radius 1 is 1.07 bits per heavy atom. The van der Waals surface area contributed by atoms with Crippen LogP contribution >= 0.6 is 0 Å². The van der Waals surface area contributed by atoms with Crippen molar-refractivity contribution in [3.63, 3.8) is 0 Å². The van der Waals surface area contributed by atoms with Gasteiger partial charge in [-0.25, -0.2) is 4.98 Å². The van der Waals surface area contributed by atoms with E-state index in [4.69, 9.17) is 4.74 Å². The van der Waals surface area contributed by atoms with Gasteiger partial charge in [0, 0.05) is 13.0 Å². The first-order chi connectivity index (χ1) is 13.6. The van der Waals surface area contributed by atoms with Crippen molar-refractivity contribution in [2.24, 2.45) is 0 Å². The molecule has 0 aliphatic carbocycles. The summed E-state index contributed by atoms with van der Waals surface area (Å²) in [6.45, 7) is -0.0135. The molecular formula is C20H20N4O4. The Kier molecular flexibility index (Phi) is 6.01. The lowest BCUT2D eigenvalue weighted by atomic mass is 10.2. The molecule has 0 saturated heterocycles. The van der Waals surface area contributed by atoms with Crippen LogP contribution in [0.2, 0.25) is 0 Å². The number of para-hydroxylation sites is 3. The van der Waals surface area contributed by atoms with Crippen LogP contribution in [-0.2, 0) is 16.1 Å². The van der Waals surface area contributed by atoms with Crippen LogP contribution in [0, 0.1) is 0 Å². The smallest absolute Gasteiger partial charge is 0.261 e. The second-order valence-electron chi connectivity index (χ2n) is 6.04. The second-order valence-corrected chi connectivity index (χ2v) is 6.04. The van der Waals surface area contributed by atoms with E-state index in [9.17, 15) is 14.4 Å². The van der Waals surface area contributed by atoms with Gasteiger partial charge in [-0.1, -0.05) is 24.3 Å². The highest BCUT2D eigenvalue weighted by Gasteiger charge is 2.10. The normalized spacial score (nSPS) is 10.5. The predicted octanol–water partition coefficient (Wildman–Crippen LogP) is 1.55. The first kappa shape index (κ1) is 19.1. The molecule has 1 heterocycles. The van der Waals surface area contributed by atoms with Crippen molar-refractivity contribution in [3.8, 4) is 5.75 Å². The number of hydrogen-bond donors (Lipinski definition) is 2. The van der Waals surface area contributed by atoms with E-state index in [-0.39, 0.29) is 36.9 Å². The molecule has 144 valence electrons. The number of hydrogen-bond acceptors (Lipinski definition) is 5. The third-order valence-corrected chi connectivity index (χ3v) is 4.10. The molecule has 2 aromatic carbocycles. The summed E-state index contributed by atoms with van der Waals surface area (Å²) >= 11 is 0. The summed E-state index contributed by atoms with van der Waals surface area (Å²) in [7, 11) is 1.52. The highest BCUT2D eigenvalue weighted by atomic mass is 16.5. The minimum atomic E-state index is -0.371. The average molecular weight is 380 g/mol. The van der Waals surface area contributed by atoms with Gasteiger partial charge < -0.3 is 15.4 Å². The molecule has 0 spiro atoms. The summed E-state index contributed by atoms with van der Waals surface area (Å²) in [5.41, 5.74) is 0.863. The molecule has 0 aliphatic heterocycles. The summed E-state index contributed by atoms with van der Waals surface area (Å²) in [6.07, 6.45) is 1.44. The number of benzene rings is 2. The van der Waals surface area contributed by atoms with E-state index in [1.165, 1.54) is 18.0 Å². The standard InChI is InChI=1S/C20H20N4O4/c1-28-17-9-5-4-8-16(17)23-18(25)10-11-21-19(26)12-24-13-22-15-7-3-2-6-14(15)20(24)27/h2-9,13H,10-12H2,1H3,(H,21,26)(H,23,25). The van der Waals surface area contributed by atoms with Gasteiger partial charge in [0.05, 0.1) is 30.0 Å². The van der Waals surface area contributed by atoms with Crippen molar-refractivity contribution in [1.29, 1.82) is 0 Å². The van der Waals surface area contributed by atoms with Crippen LogP contribution in [0.1, 0.15) is 6.42 Å². The van der Waals surface area contributed by atoms with E-state index in [0.29, 0.717) is 22.3 Å². The molecule has 0 saturated carbocycles. The fourth-order valence-corrected chi connectivity index (χ4v) is 2.71. The maximum absolute atomic E-state index is 12.4. The number of rotatable bonds is 7. The molecule has 0 radical (unpaired) electrons. The van der Waals surface area contributed by atoms with E-state index in [0.717, 1.165) is 0 Å². The second kappa shape index (κ2) is 8.81. The zero-order chi connectivity index (χ0) is 19.9. The van der Waals surface area contributed by atoms with E-state index < -0.39 is 0 Å². The van der Waals surface area contributed by atoms with Crippen LogP contribution < -0.4 is 20.9 Å². The number of ether oxygens (including phenoxy) is 1. The van der Waals surface area contributed by atoms with Gasteiger partial charge in [0.15, 0.2) is 0 Å². The third kappa shape index (κ3) is 4.53. The largest absolute Gasteiger partial charge is 0.495 e. The number of anilines is 1. The number of aromatic nitrogens is 2. The van der Waals surface area contributed by atoms with Crippen LogP contribution in [-0.4, -0.2) is 35.0 Å². The molecule has 2 amide bonds. The molecule has 2 N–H and O–H groups in total. The van der Waals surface area contributed by atoms with Crippen molar-refractivity contribution in [3.05, 3.63) is 65.2 Å². The molecule has 0 aliphatic rings. The van der Waals surface area contributed by atoms with E-state index in [1.807, 2.05) is 0 Å². The Morgan fingerprint density at radius 3 is 2.64 bits per heavy atom. The molecule has 0 unspecified atom stereocenters. The lowest BCUT2D eigenvalue weighted by molar-refractivity contribution is -0.121. The summed E-state index contributed by atoms with van der Waals surface area (Å²) < 4.78 is 6.42. The van der Waals surface area contributed by atoms with Crippen molar-refractivity contribution in [1.82, 2.24) is 14.9 Å². The number of carbonyl (C=O) groups is 2. The van der Waals surface area contributed by atoms with Gasteiger partial charge in [-0.05, 0) is 24.3 Å². The fraction of sp³-hybridized carbons (Fsp3) is 0.200. The van der Waals surface area contributed by atoms with Gasteiger partial charge in [-0.15, -0.1) is 0 Å². The number of amides is 2. The number of nitrogens with zero attached hydrogens (tertiary/aromatic N) is 2. The number of fused-ring (bicyclic) bond motifs is 1. The van der Waals surface area contributed by atoms with Crippen molar-refractivity contribution < 1.29 is 14.3 Å². The zero-order valence-corrected chi connectivity index (χ0v) is 15.3. The highest BCUT2D eigenvalue weighted by molar-refractivity contribution is 5.92. The Hall–Kier alpha value is -3.68. The first-order valence-corrected chi connectivity index (χ1v) is 8.72. The fourth-order valence-electron chi connectivity index (χ4n) is 2.71. The molecule has 8 nitrogen and oxygen atoms in total. The van der Waals surface area contributed by atoms with E-state index in [2.05, 4.69) is 15.6 Å². The average Bonchev–Trinajstić information content (AvgIpc) is 2.70. The Balaban J connectivity index is 1.51. The van der Waals surface area contributed by atoms with Gasteiger partial charge in [-0.3, -0.25) is 19.0 Å². The van der Waals surface area contributed by atoms with Crippen LogP contribution in [0.4, 0.5) is 5.69 Å². The monoisotopic (exact) mass is 380 g/mol.